The zero-order valence-corrected chi connectivity index (χ0v) is 18.7. The van der Waals surface area contributed by atoms with Crippen LogP contribution in [0.4, 0.5) is 5.69 Å². The minimum atomic E-state index is -3.98. The molecule has 0 saturated carbocycles. The number of sulfonamides is 1. The van der Waals surface area contributed by atoms with Gasteiger partial charge in [-0.15, -0.1) is 0 Å². The zero-order chi connectivity index (χ0) is 21.7. The summed E-state index contributed by atoms with van der Waals surface area (Å²) in [4.78, 5) is 17.0. The number of likely N-dealkylation sites (N-methyl/N-ethyl adjacent to an activating group) is 1. The van der Waals surface area contributed by atoms with Crippen molar-refractivity contribution in [2.75, 3.05) is 50.7 Å². The lowest BCUT2D eigenvalue weighted by Gasteiger charge is -2.35. The van der Waals surface area contributed by atoms with Crippen molar-refractivity contribution >= 4 is 33.2 Å². The maximum atomic E-state index is 13.4. The Kier molecular flexibility index (Phi) is 7.23. The maximum absolute atomic E-state index is 13.4. The Hall–Kier alpha value is -2.29. The third kappa shape index (κ3) is 5.06. The predicted molar refractivity (Wildman–Crippen MR) is 118 cm³/mol. The van der Waals surface area contributed by atoms with Gasteiger partial charge in [-0.05, 0) is 49.0 Å². The molecule has 2 aromatic carbocycles. The molecule has 1 fully saturated rings. The molecule has 162 valence electrons. The van der Waals surface area contributed by atoms with Gasteiger partial charge in [-0.2, -0.15) is 0 Å². The molecule has 0 unspecified atom stereocenters. The molecule has 0 radical (unpaired) electrons. The molecule has 30 heavy (non-hydrogen) atoms. The van der Waals surface area contributed by atoms with E-state index in [1.807, 2.05) is 0 Å². The molecule has 0 aromatic heterocycles. The van der Waals surface area contributed by atoms with E-state index in [0.717, 1.165) is 23.9 Å². The average molecular weight is 452 g/mol. The Morgan fingerprint density at radius 2 is 1.77 bits per heavy atom. The third-order valence-corrected chi connectivity index (χ3v) is 7.22. The number of rotatable bonds is 7. The Bertz CT molecular complexity index is 974. The minimum absolute atomic E-state index is 0.0758. The summed E-state index contributed by atoms with van der Waals surface area (Å²) >= 11 is 6.10. The van der Waals surface area contributed by atoms with Crippen molar-refractivity contribution in [2.24, 2.45) is 0 Å². The van der Waals surface area contributed by atoms with Crippen LogP contribution >= 0.6 is 11.6 Å². The number of amides is 1. The van der Waals surface area contributed by atoms with Crippen molar-refractivity contribution in [3.63, 3.8) is 0 Å². The smallest absolute Gasteiger partial charge is 0.264 e. The first-order chi connectivity index (χ1) is 14.3. The van der Waals surface area contributed by atoms with E-state index >= 15 is 0 Å². The highest BCUT2D eigenvalue weighted by Crippen LogP contribution is 2.27. The Morgan fingerprint density at radius 1 is 1.10 bits per heavy atom. The molecule has 9 heteroatoms. The fourth-order valence-electron chi connectivity index (χ4n) is 3.36. The molecule has 1 aliphatic heterocycles. The van der Waals surface area contributed by atoms with E-state index in [4.69, 9.17) is 16.3 Å². The van der Waals surface area contributed by atoms with Crippen LogP contribution in [0.2, 0.25) is 5.02 Å². The Morgan fingerprint density at radius 3 is 2.33 bits per heavy atom. The maximum Gasteiger partial charge on any atom is 0.264 e. The summed E-state index contributed by atoms with van der Waals surface area (Å²) in [5.74, 6) is 0.316. The van der Waals surface area contributed by atoms with Gasteiger partial charge < -0.3 is 14.5 Å². The van der Waals surface area contributed by atoms with E-state index < -0.39 is 10.0 Å². The number of carbonyl (C=O) groups is 1. The van der Waals surface area contributed by atoms with Gasteiger partial charge in [0.2, 0.25) is 5.91 Å². The van der Waals surface area contributed by atoms with Gasteiger partial charge in [-0.25, -0.2) is 8.42 Å². The van der Waals surface area contributed by atoms with Crippen molar-refractivity contribution in [1.29, 1.82) is 0 Å². The van der Waals surface area contributed by atoms with Crippen molar-refractivity contribution in [1.82, 2.24) is 9.80 Å². The summed E-state index contributed by atoms with van der Waals surface area (Å²) in [6, 6.07) is 12.6. The molecule has 0 aliphatic carbocycles. The number of ether oxygens (including phenoxy) is 1. The van der Waals surface area contributed by atoms with Gasteiger partial charge in [0.1, 0.15) is 12.3 Å². The number of anilines is 1. The molecule has 1 saturated heterocycles. The van der Waals surface area contributed by atoms with E-state index in [1.165, 1.54) is 19.2 Å². The van der Waals surface area contributed by atoms with Crippen LogP contribution in [0.25, 0.3) is 0 Å². The number of hydrogen-bond donors (Lipinski definition) is 0. The van der Waals surface area contributed by atoms with Crippen molar-refractivity contribution < 1.29 is 17.9 Å². The molecule has 1 aliphatic rings. The number of hydrogen-bond acceptors (Lipinski definition) is 5. The SMILES string of the molecule is CCN1CCN(C(=O)CN(c2cccc(Cl)c2)S(=O)(=O)c2ccc(OC)cc2)CC1. The van der Waals surface area contributed by atoms with Gasteiger partial charge in [0.15, 0.2) is 0 Å². The topological polar surface area (TPSA) is 70.2 Å². The molecular weight excluding hydrogens is 426 g/mol. The minimum Gasteiger partial charge on any atom is -0.497 e. The quantitative estimate of drug-likeness (QED) is 0.647. The molecule has 7 nitrogen and oxygen atoms in total. The van der Waals surface area contributed by atoms with Gasteiger partial charge in [0, 0.05) is 31.2 Å². The van der Waals surface area contributed by atoms with Crippen molar-refractivity contribution in [3.05, 3.63) is 53.6 Å². The normalized spacial score (nSPS) is 15.1. The number of nitrogens with zero attached hydrogens (tertiary/aromatic N) is 3. The van der Waals surface area contributed by atoms with Crippen LogP contribution in [0.3, 0.4) is 0 Å². The molecule has 1 amide bonds. The monoisotopic (exact) mass is 451 g/mol. The van der Waals surface area contributed by atoms with Crippen LogP contribution in [0, 0.1) is 0 Å². The van der Waals surface area contributed by atoms with Gasteiger partial charge >= 0.3 is 0 Å². The second-order valence-corrected chi connectivity index (χ2v) is 9.28. The molecule has 0 N–H and O–H groups in total. The van der Waals surface area contributed by atoms with E-state index in [1.54, 1.807) is 41.3 Å². The highest BCUT2D eigenvalue weighted by molar-refractivity contribution is 7.92. The fraction of sp³-hybridized carbons (Fsp3) is 0.381. The van der Waals surface area contributed by atoms with Gasteiger partial charge in [-0.1, -0.05) is 24.6 Å². The number of piperazine rings is 1. The molecule has 3 rings (SSSR count). The second kappa shape index (κ2) is 9.68. The number of halogens is 1. The first-order valence-corrected chi connectivity index (χ1v) is 11.6. The molecular formula is C21H26ClN3O4S. The highest BCUT2D eigenvalue weighted by atomic mass is 35.5. The lowest BCUT2D eigenvalue weighted by molar-refractivity contribution is -0.131. The summed E-state index contributed by atoms with van der Waals surface area (Å²) in [6.07, 6.45) is 0. The highest BCUT2D eigenvalue weighted by Gasteiger charge is 2.30. The molecule has 2 aromatic rings. The summed E-state index contributed by atoms with van der Waals surface area (Å²) in [7, 11) is -2.47. The first-order valence-electron chi connectivity index (χ1n) is 9.77. The molecule has 0 bridgehead atoms. The molecule has 0 atom stereocenters. The lowest BCUT2D eigenvalue weighted by atomic mass is 10.3. The second-order valence-electron chi connectivity index (χ2n) is 6.98. The van der Waals surface area contributed by atoms with Crippen molar-refractivity contribution in [2.45, 2.75) is 11.8 Å². The number of benzene rings is 2. The Balaban J connectivity index is 1.89. The van der Waals surface area contributed by atoms with Crippen molar-refractivity contribution in [3.8, 4) is 5.75 Å². The van der Waals surface area contributed by atoms with Crippen LogP contribution in [-0.4, -0.2) is 70.5 Å². The number of methoxy groups -OCH3 is 1. The summed E-state index contributed by atoms with van der Waals surface area (Å²) in [6.45, 7) is 5.45. The van der Waals surface area contributed by atoms with E-state index in [0.29, 0.717) is 29.5 Å². The molecule has 0 spiro atoms. The zero-order valence-electron chi connectivity index (χ0n) is 17.1. The largest absolute Gasteiger partial charge is 0.497 e. The van der Waals surface area contributed by atoms with Crippen LogP contribution in [0.5, 0.6) is 5.75 Å². The van der Waals surface area contributed by atoms with Crippen LogP contribution in [0.15, 0.2) is 53.4 Å². The predicted octanol–water partition coefficient (Wildman–Crippen LogP) is 2.71. The van der Waals surface area contributed by atoms with Crippen LogP contribution in [0.1, 0.15) is 6.92 Å². The van der Waals surface area contributed by atoms with Crippen LogP contribution in [-0.2, 0) is 14.8 Å². The standard InChI is InChI=1S/C21H26ClN3O4S/c1-3-23-11-13-24(14-12-23)21(26)16-25(18-6-4-5-17(22)15-18)30(27,28)20-9-7-19(29-2)8-10-20/h4-10,15H,3,11-14,16H2,1-2H3. The van der Waals surface area contributed by atoms with Gasteiger partial charge in [0.25, 0.3) is 10.0 Å². The summed E-state index contributed by atoms with van der Waals surface area (Å²) in [5.41, 5.74) is 0.346. The van der Waals surface area contributed by atoms with E-state index in [2.05, 4.69) is 11.8 Å². The summed E-state index contributed by atoms with van der Waals surface area (Å²) in [5, 5.41) is 0.395. The number of carbonyl (C=O) groups excluding carboxylic acids is 1. The van der Waals surface area contributed by atoms with Gasteiger partial charge in [-0.3, -0.25) is 9.10 Å². The Labute approximate surface area is 182 Å². The van der Waals surface area contributed by atoms with E-state index in [9.17, 15) is 13.2 Å². The first kappa shape index (κ1) is 22.4. The van der Waals surface area contributed by atoms with Gasteiger partial charge in [0.05, 0.1) is 17.7 Å². The average Bonchev–Trinajstić information content (AvgIpc) is 2.77. The van der Waals surface area contributed by atoms with Crippen LogP contribution < -0.4 is 9.04 Å². The third-order valence-electron chi connectivity index (χ3n) is 5.19. The summed E-state index contributed by atoms with van der Waals surface area (Å²) < 4.78 is 33.1. The lowest BCUT2D eigenvalue weighted by Crippen LogP contribution is -2.51. The fourth-order valence-corrected chi connectivity index (χ4v) is 4.95. The van der Waals surface area contributed by atoms with E-state index in [-0.39, 0.29) is 17.3 Å². The molecule has 1 heterocycles.